The quantitative estimate of drug-likeness (QED) is 0.576. The molecule has 0 aliphatic heterocycles. The summed E-state index contributed by atoms with van der Waals surface area (Å²) in [5.74, 6) is -1.19. The molecule has 1 unspecified atom stereocenters. The average molecular weight is 461 g/mol. The zero-order valence-corrected chi connectivity index (χ0v) is 20.4. The van der Waals surface area contributed by atoms with Crippen molar-refractivity contribution < 1.29 is 22.7 Å². The third-order valence-corrected chi connectivity index (χ3v) is 7.68. The second-order valence-electron chi connectivity index (χ2n) is 7.78. The maximum atomic E-state index is 12.9. The summed E-state index contributed by atoms with van der Waals surface area (Å²) in [6.07, 6.45) is 0. The van der Waals surface area contributed by atoms with Crippen molar-refractivity contribution >= 4 is 21.9 Å². The summed E-state index contributed by atoms with van der Waals surface area (Å²) < 4.78 is 32.2. The van der Waals surface area contributed by atoms with Gasteiger partial charge in [0.05, 0.1) is 16.5 Å². The number of nitrogens with zero attached hydrogens (tertiary/aromatic N) is 1. The highest BCUT2D eigenvalue weighted by Gasteiger charge is 2.25. The smallest absolute Gasteiger partial charge is 0.338 e. The summed E-state index contributed by atoms with van der Waals surface area (Å²) in [6, 6.07) is 10.1. The summed E-state index contributed by atoms with van der Waals surface area (Å²) in [7, 11) is -3.73. The minimum Gasteiger partial charge on any atom is -0.452 e. The van der Waals surface area contributed by atoms with Gasteiger partial charge >= 0.3 is 5.97 Å². The topological polar surface area (TPSA) is 92.8 Å². The van der Waals surface area contributed by atoms with E-state index < -0.39 is 28.5 Å². The molecule has 0 radical (unpaired) electrons. The van der Waals surface area contributed by atoms with Crippen molar-refractivity contribution in [2.24, 2.45) is 0 Å². The second-order valence-corrected chi connectivity index (χ2v) is 9.68. The van der Waals surface area contributed by atoms with Gasteiger partial charge < -0.3 is 10.1 Å². The van der Waals surface area contributed by atoms with E-state index in [0.717, 1.165) is 11.1 Å². The lowest BCUT2D eigenvalue weighted by Gasteiger charge is -2.20. The van der Waals surface area contributed by atoms with Gasteiger partial charge in [-0.1, -0.05) is 38.1 Å². The SMILES string of the molecule is CCN(CC)S(=O)(=O)c1cc(C(=O)OCC(=O)NC(C)c2ccc(C)c(C)c2)ccc1C. The lowest BCUT2D eigenvalue weighted by Crippen LogP contribution is -2.32. The number of ether oxygens (including phenoxy) is 1. The number of carbonyl (C=O) groups excluding carboxylic acids is 2. The van der Waals surface area contributed by atoms with E-state index in [1.54, 1.807) is 26.8 Å². The predicted molar refractivity (Wildman–Crippen MR) is 124 cm³/mol. The van der Waals surface area contributed by atoms with Gasteiger partial charge in [0.2, 0.25) is 10.0 Å². The van der Waals surface area contributed by atoms with E-state index >= 15 is 0 Å². The highest BCUT2D eigenvalue weighted by Crippen LogP contribution is 2.22. The Morgan fingerprint density at radius 2 is 1.59 bits per heavy atom. The number of amides is 1. The largest absolute Gasteiger partial charge is 0.452 e. The van der Waals surface area contributed by atoms with Crippen LogP contribution in [0.3, 0.4) is 0 Å². The van der Waals surface area contributed by atoms with E-state index in [4.69, 9.17) is 4.74 Å². The summed E-state index contributed by atoms with van der Waals surface area (Å²) in [5, 5.41) is 2.81. The summed E-state index contributed by atoms with van der Waals surface area (Å²) in [5.41, 5.74) is 3.87. The molecular formula is C24H32N2O5S. The van der Waals surface area contributed by atoms with Gasteiger partial charge in [-0.2, -0.15) is 4.31 Å². The fourth-order valence-corrected chi connectivity index (χ4v) is 5.03. The molecular weight excluding hydrogens is 428 g/mol. The van der Waals surface area contributed by atoms with Crippen LogP contribution in [0.4, 0.5) is 0 Å². The molecule has 1 N–H and O–H groups in total. The molecule has 8 heteroatoms. The van der Waals surface area contributed by atoms with Crippen molar-refractivity contribution in [2.75, 3.05) is 19.7 Å². The minimum atomic E-state index is -3.73. The molecule has 0 bridgehead atoms. The van der Waals surface area contributed by atoms with E-state index in [0.29, 0.717) is 18.7 Å². The van der Waals surface area contributed by atoms with Crippen molar-refractivity contribution in [3.05, 3.63) is 64.2 Å². The highest BCUT2D eigenvalue weighted by molar-refractivity contribution is 7.89. The van der Waals surface area contributed by atoms with Crippen LogP contribution in [0, 0.1) is 20.8 Å². The molecule has 0 aromatic heterocycles. The Hall–Kier alpha value is -2.71. The maximum Gasteiger partial charge on any atom is 0.338 e. The van der Waals surface area contributed by atoms with Crippen molar-refractivity contribution in [3.63, 3.8) is 0 Å². The molecule has 32 heavy (non-hydrogen) atoms. The number of esters is 1. The molecule has 0 aliphatic carbocycles. The molecule has 0 aliphatic rings. The zero-order chi connectivity index (χ0) is 24.1. The number of sulfonamides is 1. The van der Waals surface area contributed by atoms with Gasteiger partial charge in [0.25, 0.3) is 5.91 Å². The van der Waals surface area contributed by atoms with Gasteiger partial charge in [-0.15, -0.1) is 0 Å². The van der Waals surface area contributed by atoms with Crippen LogP contribution in [0.1, 0.15) is 59.4 Å². The lowest BCUT2D eigenvalue weighted by atomic mass is 10.0. The van der Waals surface area contributed by atoms with Crippen molar-refractivity contribution in [1.29, 1.82) is 0 Å². The molecule has 0 fully saturated rings. The monoisotopic (exact) mass is 460 g/mol. The Balaban J connectivity index is 2.06. The maximum absolute atomic E-state index is 12.9. The Bertz CT molecular complexity index is 1090. The summed E-state index contributed by atoms with van der Waals surface area (Å²) in [6.45, 7) is 11.3. The molecule has 0 heterocycles. The van der Waals surface area contributed by atoms with E-state index in [-0.39, 0.29) is 16.5 Å². The van der Waals surface area contributed by atoms with Gasteiger partial charge in [-0.3, -0.25) is 4.79 Å². The zero-order valence-electron chi connectivity index (χ0n) is 19.6. The Kier molecular flexibility index (Phi) is 8.58. The average Bonchev–Trinajstić information content (AvgIpc) is 2.74. The number of aryl methyl sites for hydroxylation is 3. The van der Waals surface area contributed by atoms with E-state index in [9.17, 15) is 18.0 Å². The number of hydrogen-bond acceptors (Lipinski definition) is 5. The van der Waals surface area contributed by atoms with Gasteiger partial charge in [0, 0.05) is 13.1 Å². The van der Waals surface area contributed by atoms with Crippen LogP contribution in [-0.2, 0) is 19.6 Å². The van der Waals surface area contributed by atoms with E-state index in [1.165, 1.54) is 22.0 Å². The number of benzene rings is 2. The van der Waals surface area contributed by atoms with E-state index in [2.05, 4.69) is 5.32 Å². The predicted octanol–water partition coefficient (Wildman–Crippen LogP) is 3.68. The van der Waals surface area contributed by atoms with Crippen LogP contribution in [0.25, 0.3) is 0 Å². The summed E-state index contributed by atoms with van der Waals surface area (Å²) in [4.78, 5) is 24.8. The molecule has 0 spiro atoms. The van der Waals surface area contributed by atoms with Crippen LogP contribution < -0.4 is 5.32 Å². The fraction of sp³-hybridized carbons (Fsp3) is 0.417. The third kappa shape index (κ3) is 5.95. The van der Waals surface area contributed by atoms with Crippen molar-refractivity contribution in [1.82, 2.24) is 9.62 Å². The van der Waals surface area contributed by atoms with Crippen LogP contribution in [0.2, 0.25) is 0 Å². The van der Waals surface area contributed by atoms with Crippen LogP contribution in [-0.4, -0.2) is 44.3 Å². The lowest BCUT2D eigenvalue weighted by molar-refractivity contribution is -0.124. The molecule has 7 nitrogen and oxygen atoms in total. The van der Waals surface area contributed by atoms with Gasteiger partial charge in [0.15, 0.2) is 6.61 Å². The number of hydrogen-bond donors (Lipinski definition) is 1. The number of carbonyl (C=O) groups is 2. The van der Waals surface area contributed by atoms with Crippen LogP contribution in [0.15, 0.2) is 41.3 Å². The second kappa shape index (κ2) is 10.7. The highest BCUT2D eigenvalue weighted by atomic mass is 32.2. The van der Waals surface area contributed by atoms with E-state index in [1.807, 2.05) is 39.0 Å². The molecule has 2 aromatic rings. The molecule has 0 saturated heterocycles. The normalized spacial score (nSPS) is 12.5. The molecule has 2 aromatic carbocycles. The standard InChI is InChI=1S/C24H32N2O5S/c1-7-26(8-2)32(29,30)22-14-21(12-10-17(22)4)24(28)31-15-23(27)25-19(6)20-11-9-16(3)18(5)13-20/h9-14,19H,7-8,15H2,1-6H3,(H,25,27). The first kappa shape index (κ1) is 25.5. The number of rotatable bonds is 9. The molecule has 0 saturated carbocycles. The Labute approximate surface area is 190 Å². The minimum absolute atomic E-state index is 0.0588. The Morgan fingerprint density at radius 3 is 2.19 bits per heavy atom. The van der Waals surface area contributed by atoms with Gasteiger partial charge in [-0.25, -0.2) is 13.2 Å². The van der Waals surface area contributed by atoms with Crippen LogP contribution >= 0.6 is 0 Å². The van der Waals surface area contributed by atoms with Crippen molar-refractivity contribution in [2.45, 2.75) is 52.5 Å². The van der Waals surface area contributed by atoms with Gasteiger partial charge in [-0.05, 0) is 62.1 Å². The van der Waals surface area contributed by atoms with Crippen molar-refractivity contribution in [3.8, 4) is 0 Å². The molecule has 2 rings (SSSR count). The first-order chi connectivity index (χ1) is 15.0. The summed E-state index contributed by atoms with van der Waals surface area (Å²) >= 11 is 0. The molecule has 1 atom stereocenters. The van der Waals surface area contributed by atoms with Gasteiger partial charge in [0.1, 0.15) is 0 Å². The first-order valence-electron chi connectivity index (χ1n) is 10.7. The van der Waals surface area contributed by atoms with Crippen LogP contribution in [0.5, 0.6) is 0 Å². The molecule has 174 valence electrons. The number of nitrogens with one attached hydrogen (secondary N) is 1. The Morgan fingerprint density at radius 1 is 0.969 bits per heavy atom. The fourth-order valence-electron chi connectivity index (χ4n) is 3.32. The molecule has 1 amide bonds. The third-order valence-electron chi connectivity index (χ3n) is 5.49. The first-order valence-corrected chi connectivity index (χ1v) is 12.1.